The topological polar surface area (TPSA) is 30.5 Å². The third-order valence-corrected chi connectivity index (χ3v) is 2.61. The maximum atomic E-state index is 5.63. The van der Waals surface area contributed by atoms with Crippen LogP contribution in [0.1, 0.15) is 47.0 Å². The maximum Gasteiger partial charge on any atom is 0.0620 e. The van der Waals surface area contributed by atoms with Gasteiger partial charge in [0.15, 0.2) is 0 Å². The first kappa shape index (κ1) is 16.9. The molecule has 104 valence electrons. The lowest BCUT2D eigenvalue weighted by Gasteiger charge is -2.18. The van der Waals surface area contributed by atoms with Crippen LogP contribution in [0.5, 0.6) is 0 Å². The highest BCUT2D eigenvalue weighted by molar-refractivity contribution is 4.64. The molecule has 0 fully saturated rings. The summed E-state index contributed by atoms with van der Waals surface area (Å²) < 4.78 is 11.2. The van der Waals surface area contributed by atoms with Crippen molar-refractivity contribution in [3.63, 3.8) is 0 Å². The second-order valence-electron chi connectivity index (χ2n) is 4.91. The Morgan fingerprint density at radius 2 is 1.65 bits per heavy atom. The second kappa shape index (κ2) is 12.3. The second-order valence-corrected chi connectivity index (χ2v) is 4.91. The summed E-state index contributed by atoms with van der Waals surface area (Å²) in [7, 11) is 0. The van der Waals surface area contributed by atoms with Gasteiger partial charge < -0.3 is 14.8 Å². The molecule has 0 radical (unpaired) electrons. The SMILES string of the molecule is CCCOCC(CCOCCC(C)C)NCC. The predicted molar refractivity (Wildman–Crippen MR) is 73.5 cm³/mol. The normalized spacial score (nSPS) is 13.2. The third-order valence-electron chi connectivity index (χ3n) is 2.61. The molecule has 3 heteroatoms. The summed E-state index contributed by atoms with van der Waals surface area (Å²) >= 11 is 0. The average Bonchev–Trinajstić information content (AvgIpc) is 2.28. The van der Waals surface area contributed by atoms with Crippen molar-refractivity contribution < 1.29 is 9.47 Å². The molecule has 0 aliphatic rings. The van der Waals surface area contributed by atoms with Gasteiger partial charge in [-0.05, 0) is 31.7 Å². The van der Waals surface area contributed by atoms with Crippen LogP contribution in [0.15, 0.2) is 0 Å². The number of hydrogen-bond acceptors (Lipinski definition) is 3. The van der Waals surface area contributed by atoms with Crippen LogP contribution in [-0.4, -0.2) is 39.0 Å². The summed E-state index contributed by atoms with van der Waals surface area (Å²) in [5.41, 5.74) is 0. The van der Waals surface area contributed by atoms with Crippen LogP contribution in [0, 0.1) is 5.92 Å². The van der Waals surface area contributed by atoms with E-state index >= 15 is 0 Å². The van der Waals surface area contributed by atoms with Crippen LogP contribution < -0.4 is 5.32 Å². The van der Waals surface area contributed by atoms with E-state index < -0.39 is 0 Å². The summed E-state index contributed by atoms with van der Waals surface area (Å²) in [6.07, 6.45) is 3.28. The zero-order valence-corrected chi connectivity index (χ0v) is 12.1. The van der Waals surface area contributed by atoms with Crippen molar-refractivity contribution in [2.24, 2.45) is 5.92 Å². The van der Waals surface area contributed by atoms with Gasteiger partial charge in [-0.1, -0.05) is 27.7 Å². The molecule has 0 spiro atoms. The summed E-state index contributed by atoms with van der Waals surface area (Å²) in [5.74, 6) is 0.729. The van der Waals surface area contributed by atoms with Crippen molar-refractivity contribution in [3.8, 4) is 0 Å². The van der Waals surface area contributed by atoms with Crippen LogP contribution >= 0.6 is 0 Å². The molecule has 0 rings (SSSR count). The predicted octanol–water partition coefficient (Wildman–Crippen LogP) is 2.84. The van der Waals surface area contributed by atoms with Gasteiger partial charge in [0.1, 0.15) is 0 Å². The van der Waals surface area contributed by atoms with E-state index in [4.69, 9.17) is 9.47 Å². The van der Waals surface area contributed by atoms with E-state index in [1.165, 1.54) is 0 Å². The number of nitrogens with one attached hydrogen (secondary N) is 1. The number of rotatable bonds is 12. The van der Waals surface area contributed by atoms with Crippen LogP contribution in [0.2, 0.25) is 0 Å². The molecule has 0 aliphatic carbocycles. The van der Waals surface area contributed by atoms with Gasteiger partial charge in [0.25, 0.3) is 0 Å². The van der Waals surface area contributed by atoms with E-state index in [9.17, 15) is 0 Å². The molecule has 0 aromatic carbocycles. The average molecular weight is 245 g/mol. The van der Waals surface area contributed by atoms with Gasteiger partial charge in [0, 0.05) is 25.9 Å². The number of likely N-dealkylation sites (N-methyl/N-ethyl adjacent to an activating group) is 1. The van der Waals surface area contributed by atoms with Crippen LogP contribution in [0.25, 0.3) is 0 Å². The molecule has 1 N–H and O–H groups in total. The van der Waals surface area contributed by atoms with E-state index in [0.29, 0.717) is 6.04 Å². The van der Waals surface area contributed by atoms with Gasteiger partial charge in [-0.25, -0.2) is 0 Å². The van der Waals surface area contributed by atoms with Gasteiger partial charge in [-0.3, -0.25) is 0 Å². The number of hydrogen-bond donors (Lipinski definition) is 1. The van der Waals surface area contributed by atoms with Crippen molar-refractivity contribution in [2.75, 3.05) is 33.0 Å². The van der Waals surface area contributed by atoms with E-state index in [2.05, 4.69) is 33.0 Å². The number of ether oxygens (including phenoxy) is 2. The first-order valence-corrected chi connectivity index (χ1v) is 7.09. The van der Waals surface area contributed by atoms with E-state index in [0.717, 1.165) is 58.2 Å². The van der Waals surface area contributed by atoms with Gasteiger partial charge >= 0.3 is 0 Å². The maximum absolute atomic E-state index is 5.63. The molecule has 0 aromatic rings. The smallest absolute Gasteiger partial charge is 0.0620 e. The van der Waals surface area contributed by atoms with Gasteiger partial charge in [0.05, 0.1) is 6.61 Å². The molecular formula is C14H31NO2. The van der Waals surface area contributed by atoms with Gasteiger partial charge in [0.2, 0.25) is 0 Å². The van der Waals surface area contributed by atoms with Crippen molar-refractivity contribution >= 4 is 0 Å². The molecule has 0 amide bonds. The monoisotopic (exact) mass is 245 g/mol. The minimum atomic E-state index is 0.436. The molecule has 0 aromatic heterocycles. The Morgan fingerprint density at radius 3 is 2.24 bits per heavy atom. The highest BCUT2D eigenvalue weighted by Gasteiger charge is 2.07. The fourth-order valence-corrected chi connectivity index (χ4v) is 1.55. The van der Waals surface area contributed by atoms with Crippen LogP contribution in [-0.2, 0) is 9.47 Å². The Labute approximate surface area is 107 Å². The minimum Gasteiger partial charge on any atom is -0.381 e. The Hall–Kier alpha value is -0.120. The first-order valence-electron chi connectivity index (χ1n) is 7.09. The van der Waals surface area contributed by atoms with Crippen LogP contribution in [0.4, 0.5) is 0 Å². The molecule has 1 atom stereocenters. The Balaban J connectivity index is 3.48. The highest BCUT2D eigenvalue weighted by atomic mass is 16.5. The summed E-state index contributed by atoms with van der Waals surface area (Å²) in [5, 5.41) is 3.44. The van der Waals surface area contributed by atoms with E-state index in [-0.39, 0.29) is 0 Å². The Kier molecular flexibility index (Phi) is 12.3. The summed E-state index contributed by atoms with van der Waals surface area (Å²) in [6.45, 7) is 13.1. The quantitative estimate of drug-likeness (QED) is 0.536. The zero-order valence-electron chi connectivity index (χ0n) is 12.1. The minimum absolute atomic E-state index is 0.436. The molecule has 3 nitrogen and oxygen atoms in total. The fourth-order valence-electron chi connectivity index (χ4n) is 1.55. The summed E-state index contributed by atoms with van der Waals surface area (Å²) in [6, 6.07) is 0.436. The molecule has 0 heterocycles. The van der Waals surface area contributed by atoms with Gasteiger partial charge in [-0.15, -0.1) is 0 Å². The lowest BCUT2D eigenvalue weighted by molar-refractivity contribution is 0.0800. The Morgan fingerprint density at radius 1 is 0.941 bits per heavy atom. The van der Waals surface area contributed by atoms with E-state index in [1.807, 2.05) is 0 Å². The molecule has 17 heavy (non-hydrogen) atoms. The molecule has 0 aliphatic heterocycles. The van der Waals surface area contributed by atoms with Crippen molar-refractivity contribution in [2.45, 2.75) is 53.0 Å². The Bertz CT molecular complexity index is 151. The lowest BCUT2D eigenvalue weighted by atomic mass is 10.1. The van der Waals surface area contributed by atoms with Crippen molar-refractivity contribution in [1.29, 1.82) is 0 Å². The standard InChI is InChI=1S/C14H31NO2/c1-5-9-17-12-14(15-6-2)8-11-16-10-7-13(3)4/h13-15H,5-12H2,1-4H3. The lowest BCUT2D eigenvalue weighted by Crippen LogP contribution is -2.34. The fraction of sp³-hybridized carbons (Fsp3) is 1.00. The zero-order chi connectivity index (χ0) is 12.9. The third kappa shape index (κ3) is 12.1. The molecular weight excluding hydrogens is 214 g/mol. The van der Waals surface area contributed by atoms with Gasteiger partial charge in [-0.2, -0.15) is 0 Å². The first-order chi connectivity index (χ1) is 8.20. The molecule has 0 saturated heterocycles. The van der Waals surface area contributed by atoms with Crippen LogP contribution in [0.3, 0.4) is 0 Å². The van der Waals surface area contributed by atoms with Crippen molar-refractivity contribution in [3.05, 3.63) is 0 Å². The van der Waals surface area contributed by atoms with Crippen molar-refractivity contribution in [1.82, 2.24) is 5.32 Å². The molecule has 0 bridgehead atoms. The highest BCUT2D eigenvalue weighted by Crippen LogP contribution is 2.01. The molecule has 0 saturated carbocycles. The van der Waals surface area contributed by atoms with E-state index in [1.54, 1.807) is 0 Å². The largest absolute Gasteiger partial charge is 0.381 e. The molecule has 1 unspecified atom stereocenters. The summed E-state index contributed by atoms with van der Waals surface area (Å²) in [4.78, 5) is 0.